The Kier molecular flexibility index (Phi) is 6.03. The van der Waals surface area contributed by atoms with Gasteiger partial charge in [0.05, 0.1) is 18.8 Å². The van der Waals surface area contributed by atoms with E-state index in [1.54, 1.807) is 0 Å². The fourth-order valence-corrected chi connectivity index (χ4v) is 4.59. The number of nitrogens with zero attached hydrogens (tertiary/aromatic N) is 1. The van der Waals surface area contributed by atoms with Crippen LogP contribution in [0.15, 0.2) is 0 Å². The maximum Gasteiger partial charge on any atom is 0.195 e. The van der Waals surface area contributed by atoms with Crippen molar-refractivity contribution in [2.45, 2.75) is 90.5 Å². The molecule has 2 heterocycles. The molecule has 0 saturated carbocycles. The Morgan fingerprint density at radius 1 is 1.15 bits per heavy atom. The maximum absolute atomic E-state index is 11.7. The van der Waals surface area contributed by atoms with E-state index in [4.69, 9.17) is 9.47 Å². The van der Waals surface area contributed by atoms with Gasteiger partial charge in [0.15, 0.2) is 17.9 Å². The van der Waals surface area contributed by atoms with Gasteiger partial charge < -0.3 is 14.7 Å². The van der Waals surface area contributed by atoms with Crippen molar-refractivity contribution in [3.8, 4) is 0 Å². The van der Waals surface area contributed by atoms with Crippen LogP contribution < -0.4 is 0 Å². The van der Waals surface area contributed by atoms with Crippen molar-refractivity contribution in [3.05, 3.63) is 0 Å². The van der Waals surface area contributed by atoms with Crippen molar-refractivity contribution < 1.29 is 24.3 Å². The van der Waals surface area contributed by atoms with E-state index < -0.39 is 28.1 Å². The van der Waals surface area contributed by atoms with Gasteiger partial charge in [-0.05, 0) is 33.1 Å². The molecular formula is C20H35NO5. The number of aldehydes is 1. The first-order chi connectivity index (χ1) is 12.1. The molecule has 3 atom stereocenters. The number of piperidine rings is 1. The Hall–Kier alpha value is -0.820. The summed E-state index contributed by atoms with van der Waals surface area (Å²) in [5, 5.41) is 12.5. The number of hydroxylamine groups is 2. The zero-order valence-corrected chi connectivity index (χ0v) is 17.1. The Labute approximate surface area is 157 Å². The molecule has 0 aromatic rings. The number of rotatable bonds is 6. The number of Topliss-reactive ketones (excluding diaryl/α,β-unsaturated/α-hetero) is 1. The highest BCUT2D eigenvalue weighted by Gasteiger charge is 2.63. The third-order valence-electron chi connectivity index (χ3n) is 7.37. The third-order valence-corrected chi connectivity index (χ3v) is 7.37. The van der Waals surface area contributed by atoms with Gasteiger partial charge >= 0.3 is 0 Å². The molecule has 0 aromatic carbocycles. The smallest absolute Gasteiger partial charge is 0.195 e. The topological polar surface area (TPSA) is 76.1 Å². The zero-order chi connectivity index (χ0) is 19.8. The van der Waals surface area contributed by atoms with Crippen LogP contribution in [0.1, 0.15) is 73.6 Å². The molecule has 1 N–H and O–H groups in total. The molecule has 2 saturated heterocycles. The van der Waals surface area contributed by atoms with E-state index >= 15 is 0 Å². The minimum atomic E-state index is -0.794. The Morgan fingerprint density at radius 3 is 2.15 bits per heavy atom. The van der Waals surface area contributed by atoms with Crippen LogP contribution in [-0.2, 0) is 19.1 Å². The lowest BCUT2D eigenvalue weighted by atomic mass is 9.66. The highest BCUT2D eigenvalue weighted by Crippen LogP contribution is 2.53. The molecule has 3 unspecified atom stereocenters. The first-order valence-electron chi connectivity index (χ1n) is 9.82. The van der Waals surface area contributed by atoms with Crippen LogP contribution in [0.2, 0.25) is 0 Å². The molecule has 2 fully saturated rings. The Balaban J connectivity index is 2.32. The van der Waals surface area contributed by atoms with Gasteiger partial charge in [-0.2, -0.15) is 5.06 Å². The highest BCUT2D eigenvalue weighted by molar-refractivity contribution is 6.25. The number of hydrogen-bond acceptors (Lipinski definition) is 6. The lowest BCUT2D eigenvalue weighted by molar-refractivity contribution is -0.401. The molecule has 0 aliphatic carbocycles. The number of ether oxygens (including phenoxy) is 2. The minimum Gasteiger partial charge on any atom is -0.349 e. The number of ketones is 1. The zero-order valence-electron chi connectivity index (χ0n) is 17.1. The Morgan fingerprint density at radius 2 is 1.73 bits per heavy atom. The van der Waals surface area contributed by atoms with Gasteiger partial charge in [0.25, 0.3) is 0 Å². The van der Waals surface area contributed by atoms with Crippen molar-refractivity contribution in [2.24, 2.45) is 11.3 Å². The molecule has 150 valence electrons. The van der Waals surface area contributed by atoms with Crippen molar-refractivity contribution in [1.82, 2.24) is 5.06 Å². The van der Waals surface area contributed by atoms with Crippen LogP contribution in [0, 0.1) is 11.3 Å². The van der Waals surface area contributed by atoms with Gasteiger partial charge in [0.1, 0.15) is 0 Å². The van der Waals surface area contributed by atoms with Crippen molar-refractivity contribution in [2.75, 3.05) is 13.2 Å². The quantitative estimate of drug-likeness (QED) is 0.571. The fraction of sp³-hybridized carbons (Fsp3) is 0.900. The summed E-state index contributed by atoms with van der Waals surface area (Å²) in [6.45, 7) is 13.1. The molecular weight excluding hydrogens is 334 g/mol. The average molecular weight is 370 g/mol. The van der Waals surface area contributed by atoms with Crippen LogP contribution in [-0.4, -0.2) is 52.4 Å². The SMILES string of the molecule is CCC1(CC(=O)C=O)COC2(CC(C)(CC)N(O)C(C)(CC)C2C)OC1. The third kappa shape index (κ3) is 3.26. The first kappa shape index (κ1) is 21.5. The summed E-state index contributed by atoms with van der Waals surface area (Å²) in [6, 6.07) is 0. The molecule has 0 amide bonds. The molecule has 2 aliphatic rings. The van der Waals surface area contributed by atoms with Gasteiger partial charge in [0.2, 0.25) is 0 Å². The number of carbonyl (C=O) groups excluding carboxylic acids is 2. The summed E-state index contributed by atoms with van der Waals surface area (Å²) in [5.41, 5.74) is -1.39. The van der Waals surface area contributed by atoms with E-state index in [1.165, 1.54) is 5.06 Å². The van der Waals surface area contributed by atoms with Gasteiger partial charge in [-0.25, -0.2) is 0 Å². The number of hydrogen-bond donors (Lipinski definition) is 1. The van der Waals surface area contributed by atoms with Crippen molar-refractivity contribution in [3.63, 3.8) is 0 Å². The summed E-state index contributed by atoms with van der Waals surface area (Å²) in [6.07, 6.45) is 3.33. The van der Waals surface area contributed by atoms with Crippen LogP contribution in [0.3, 0.4) is 0 Å². The predicted molar refractivity (Wildman–Crippen MR) is 97.8 cm³/mol. The standard InChI is InChI=1S/C20H35NO5/c1-7-17(5)12-20(15(4)18(6,8-2)21(17)24)25-13-19(9-3,14-26-20)10-16(23)11-22/h11,15,24H,7-10,12-14H2,1-6H3. The minimum absolute atomic E-state index is 0.0544. The summed E-state index contributed by atoms with van der Waals surface area (Å²) < 4.78 is 12.8. The second kappa shape index (κ2) is 7.30. The van der Waals surface area contributed by atoms with E-state index in [0.29, 0.717) is 32.3 Å². The second-order valence-corrected chi connectivity index (χ2v) is 8.78. The van der Waals surface area contributed by atoms with E-state index in [0.717, 1.165) is 12.8 Å². The summed E-state index contributed by atoms with van der Waals surface area (Å²) in [5.74, 6) is -1.26. The number of carbonyl (C=O) groups is 2. The highest BCUT2D eigenvalue weighted by atomic mass is 16.7. The lowest BCUT2D eigenvalue weighted by Crippen LogP contribution is -2.73. The summed E-state index contributed by atoms with van der Waals surface area (Å²) in [4.78, 5) is 22.5. The predicted octanol–water partition coefficient (Wildman–Crippen LogP) is 3.35. The second-order valence-electron chi connectivity index (χ2n) is 8.78. The maximum atomic E-state index is 11.7. The van der Waals surface area contributed by atoms with Crippen LogP contribution >= 0.6 is 0 Å². The Bertz CT molecular complexity index is 542. The molecule has 0 bridgehead atoms. The fourth-order valence-electron chi connectivity index (χ4n) is 4.59. The normalized spacial score (nSPS) is 44.2. The molecule has 1 spiro atoms. The van der Waals surface area contributed by atoms with Gasteiger partial charge in [-0.3, -0.25) is 9.59 Å². The molecule has 6 nitrogen and oxygen atoms in total. The molecule has 6 heteroatoms. The molecule has 0 aromatic heterocycles. The molecule has 2 rings (SSSR count). The lowest BCUT2D eigenvalue weighted by Gasteiger charge is -2.63. The largest absolute Gasteiger partial charge is 0.349 e. The molecule has 0 radical (unpaired) electrons. The van der Waals surface area contributed by atoms with Crippen molar-refractivity contribution >= 4 is 12.1 Å². The summed E-state index contributed by atoms with van der Waals surface area (Å²) in [7, 11) is 0. The van der Waals surface area contributed by atoms with Gasteiger partial charge in [0, 0.05) is 29.7 Å². The van der Waals surface area contributed by atoms with Crippen LogP contribution in [0.5, 0.6) is 0 Å². The van der Waals surface area contributed by atoms with Crippen LogP contribution in [0.25, 0.3) is 0 Å². The first-order valence-corrected chi connectivity index (χ1v) is 9.82. The molecule has 26 heavy (non-hydrogen) atoms. The average Bonchev–Trinajstić information content (AvgIpc) is 2.66. The van der Waals surface area contributed by atoms with Gasteiger partial charge in [-0.1, -0.05) is 27.7 Å². The van der Waals surface area contributed by atoms with Gasteiger partial charge in [-0.15, -0.1) is 0 Å². The van der Waals surface area contributed by atoms with E-state index in [9.17, 15) is 14.8 Å². The molecule has 2 aliphatic heterocycles. The van der Waals surface area contributed by atoms with Crippen LogP contribution in [0.4, 0.5) is 0 Å². The van der Waals surface area contributed by atoms with Crippen molar-refractivity contribution in [1.29, 1.82) is 0 Å². The monoisotopic (exact) mass is 369 g/mol. The van der Waals surface area contributed by atoms with E-state index in [1.807, 2.05) is 13.8 Å². The van der Waals surface area contributed by atoms with E-state index in [-0.39, 0.29) is 12.3 Å². The van der Waals surface area contributed by atoms with E-state index in [2.05, 4.69) is 27.7 Å². The summed E-state index contributed by atoms with van der Waals surface area (Å²) >= 11 is 0.